The molecule has 5 aliphatic rings. The number of hydrogen-bond donors (Lipinski definition) is 6. The minimum atomic E-state index is -1.46. The Kier molecular flexibility index (Phi) is 9.35. The second kappa shape index (κ2) is 11.8. The van der Waals surface area contributed by atoms with E-state index in [0.717, 1.165) is 51.4 Å². The monoisotopic (exact) mass is 622 g/mol. The lowest BCUT2D eigenvalue weighted by molar-refractivity contribution is -0.330. The van der Waals surface area contributed by atoms with Crippen LogP contribution in [0.1, 0.15) is 113 Å². The topological polar surface area (TPSA) is 140 Å². The maximum atomic E-state index is 12.1. The molecule has 6 unspecified atom stereocenters. The van der Waals surface area contributed by atoms with Crippen LogP contribution in [0.5, 0.6) is 0 Å². The fraction of sp³-hybridized carbons (Fsp3) is 0.944. The smallest absolute Gasteiger partial charge is 0.186 e. The van der Waals surface area contributed by atoms with Gasteiger partial charge in [-0.2, -0.15) is 0 Å². The summed E-state index contributed by atoms with van der Waals surface area (Å²) in [6.45, 7) is 17.3. The molecule has 0 spiro atoms. The molecular weight excluding hydrogens is 560 g/mol. The van der Waals surface area contributed by atoms with E-state index in [9.17, 15) is 30.6 Å². The predicted molar refractivity (Wildman–Crippen MR) is 168 cm³/mol. The molecule has 4 saturated carbocycles. The lowest BCUT2D eigenvalue weighted by Gasteiger charge is -2.67. The minimum Gasteiger partial charge on any atom is -0.394 e. The van der Waals surface area contributed by atoms with Gasteiger partial charge in [-0.3, -0.25) is 0 Å². The van der Waals surface area contributed by atoms with E-state index in [1.54, 1.807) is 0 Å². The first-order valence-electron chi connectivity index (χ1n) is 17.3. The summed E-state index contributed by atoms with van der Waals surface area (Å²) in [4.78, 5) is 0. The zero-order valence-corrected chi connectivity index (χ0v) is 28.5. The van der Waals surface area contributed by atoms with Gasteiger partial charge >= 0.3 is 0 Å². The average Bonchev–Trinajstić information content (AvgIpc) is 3.24. The molecule has 0 aromatic heterocycles. The molecule has 8 heteroatoms. The Hall–Kier alpha value is -0.580. The number of fused-ring (bicyclic) bond motifs is 5. The van der Waals surface area contributed by atoms with Crippen molar-refractivity contribution in [2.45, 2.75) is 162 Å². The summed E-state index contributed by atoms with van der Waals surface area (Å²) in [6, 6.07) is 0. The van der Waals surface area contributed by atoms with Crippen molar-refractivity contribution < 1.29 is 40.1 Å². The molecule has 0 aromatic rings. The first kappa shape index (κ1) is 34.7. The SMILES string of the molecule is CC(C)=CCC[C@@](C)(O)[C@@]1(C)CC[C@]2(C)C3CCC4C(C)(C)C(O[C@@H]5O[C@H](CO)[C@H](O)[C@H](O)[C@H]5O)CC[C@@]4(C)C3CC(O)C21. The van der Waals surface area contributed by atoms with Gasteiger partial charge in [-0.05, 0) is 118 Å². The molecule has 4 aliphatic carbocycles. The summed E-state index contributed by atoms with van der Waals surface area (Å²) in [6.07, 6.45) is 3.17. The van der Waals surface area contributed by atoms with E-state index < -0.39 is 49.0 Å². The van der Waals surface area contributed by atoms with Gasteiger partial charge in [-0.25, -0.2) is 0 Å². The molecule has 0 amide bonds. The van der Waals surface area contributed by atoms with Crippen molar-refractivity contribution in [2.24, 2.45) is 45.3 Å². The predicted octanol–water partition coefficient (Wildman–Crippen LogP) is 4.32. The summed E-state index contributed by atoms with van der Waals surface area (Å²) >= 11 is 0. The molecular formula is C36H62O8. The second-order valence-corrected chi connectivity index (χ2v) is 17.3. The molecule has 5 fully saturated rings. The minimum absolute atomic E-state index is 0.00156. The summed E-state index contributed by atoms with van der Waals surface area (Å²) in [7, 11) is 0. The van der Waals surface area contributed by atoms with Crippen molar-refractivity contribution in [3.05, 3.63) is 11.6 Å². The zero-order valence-electron chi connectivity index (χ0n) is 28.5. The van der Waals surface area contributed by atoms with Gasteiger partial charge in [0.25, 0.3) is 0 Å². The van der Waals surface area contributed by atoms with E-state index in [2.05, 4.69) is 54.5 Å². The van der Waals surface area contributed by atoms with Crippen molar-refractivity contribution in [1.29, 1.82) is 0 Å². The Balaban J connectivity index is 1.36. The van der Waals surface area contributed by atoms with Crippen LogP contribution in [-0.4, -0.2) is 85.8 Å². The van der Waals surface area contributed by atoms with Crippen LogP contribution in [0.15, 0.2) is 11.6 Å². The molecule has 0 radical (unpaired) electrons. The van der Waals surface area contributed by atoms with Crippen molar-refractivity contribution >= 4 is 0 Å². The van der Waals surface area contributed by atoms with Gasteiger partial charge in [0.15, 0.2) is 6.29 Å². The summed E-state index contributed by atoms with van der Waals surface area (Å²) < 4.78 is 12.2. The molecule has 1 aliphatic heterocycles. The summed E-state index contributed by atoms with van der Waals surface area (Å²) in [5, 5.41) is 65.0. The van der Waals surface area contributed by atoms with Gasteiger partial charge in [0.1, 0.15) is 24.4 Å². The second-order valence-electron chi connectivity index (χ2n) is 17.3. The van der Waals surface area contributed by atoms with Crippen LogP contribution in [0.25, 0.3) is 0 Å². The Labute approximate surface area is 265 Å². The number of ether oxygens (including phenoxy) is 2. The molecule has 254 valence electrons. The Morgan fingerprint density at radius 3 is 2.20 bits per heavy atom. The number of allylic oxidation sites excluding steroid dienone is 2. The molecule has 6 N–H and O–H groups in total. The molecule has 0 aromatic carbocycles. The lowest BCUT2D eigenvalue weighted by atomic mass is 9.39. The average molecular weight is 623 g/mol. The summed E-state index contributed by atoms with van der Waals surface area (Å²) in [5.74, 6) is 1.22. The van der Waals surface area contributed by atoms with Gasteiger partial charge in [0.2, 0.25) is 0 Å². The maximum Gasteiger partial charge on any atom is 0.186 e. The van der Waals surface area contributed by atoms with Crippen LogP contribution in [0.3, 0.4) is 0 Å². The van der Waals surface area contributed by atoms with Crippen LogP contribution in [0, 0.1) is 45.3 Å². The molecule has 8 nitrogen and oxygen atoms in total. The fourth-order valence-electron chi connectivity index (χ4n) is 11.8. The van der Waals surface area contributed by atoms with E-state index in [-0.39, 0.29) is 33.7 Å². The van der Waals surface area contributed by atoms with Crippen molar-refractivity contribution in [3.8, 4) is 0 Å². The first-order valence-corrected chi connectivity index (χ1v) is 17.3. The van der Waals surface area contributed by atoms with E-state index in [4.69, 9.17) is 9.47 Å². The number of hydrogen-bond acceptors (Lipinski definition) is 8. The van der Waals surface area contributed by atoms with Crippen molar-refractivity contribution in [1.82, 2.24) is 0 Å². The quantitative estimate of drug-likeness (QED) is 0.182. The van der Waals surface area contributed by atoms with Crippen LogP contribution in [0.4, 0.5) is 0 Å². The van der Waals surface area contributed by atoms with Crippen LogP contribution >= 0.6 is 0 Å². The zero-order chi connectivity index (χ0) is 32.6. The van der Waals surface area contributed by atoms with E-state index in [0.29, 0.717) is 24.2 Å². The number of aliphatic hydroxyl groups is 6. The normalized spacial score (nSPS) is 51.5. The molecule has 5 rings (SSSR count). The highest BCUT2D eigenvalue weighted by Gasteiger charge is 2.70. The van der Waals surface area contributed by atoms with E-state index in [1.165, 1.54) is 5.57 Å². The van der Waals surface area contributed by atoms with Gasteiger partial charge in [0, 0.05) is 5.41 Å². The molecule has 1 saturated heterocycles. The highest BCUT2D eigenvalue weighted by Crippen LogP contribution is 2.73. The third kappa shape index (κ3) is 5.26. The first-order chi connectivity index (χ1) is 20.3. The van der Waals surface area contributed by atoms with Gasteiger partial charge < -0.3 is 40.1 Å². The highest BCUT2D eigenvalue weighted by molar-refractivity contribution is 5.19. The largest absolute Gasteiger partial charge is 0.394 e. The number of aliphatic hydroxyl groups excluding tert-OH is 5. The fourth-order valence-corrected chi connectivity index (χ4v) is 11.8. The Morgan fingerprint density at radius 1 is 0.886 bits per heavy atom. The molecule has 0 bridgehead atoms. The van der Waals surface area contributed by atoms with Crippen molar-refractivity contribution in [3.63, 3.8) is 0 Å². The third-order valence-corrected chi connectivity index (χ3v) is 14.4. The Morgan fingerprint density at radius 2 is 1.57 bits per heavy atom. The summed E-state index contributed by atoms with van der Waals surface area (Å²) in [5.41, 5.74) is -0.253. The van der Waals surface area contributed by atoms with Gasteiger partial charge in [-0.1, -0.05) is 46.3 Å². The van der Waals surface area contributed by atoms with Crippen LogP contribution in [0.2, 0.25) is 0 Å². The van der Waals surface area contributed by atoms with Gasteiger partial charge in [0.05, 0.1) is 24.4 Å². The Bertz CT molecular complexity index is 1070. The maximum absolute atomic E-state index is 12.1. The van der Waals surface area contributed by atoms with Crippen LogP contribution < -0.4 is 0 Å². The molecule has 15 atom stereocenters. The van der Waals surface area contributed by atoms with Crippen LogP contribution in [-0.2, 0) is 9.47 Å². The highest BCUT2D eigenvalue weighted by atomic mass is 16.7. The third-order valence-electron chi connectivity index (χ3n) is 14.4. The van der Waals surface area contributed by atoms with E-state index >= 15 is 0 Å². The molecule has 1 heterocycles. The number of rotatable bonds is 7. The lowest BCUT2D eigenvalue weighted by Crippen LogP contribution is -2.65. The standard InChI is InChI=1S/C36H62O8/c1-20(2)10-9-14-36(8,42)35(7)17-16-34(6)21-11-12-25-32(3,4)26(13-15-33(25,5)22(21)18-23(38)30(34)35)44-31-29(41)28(40)27(39)24(19-37)43-31/h10,21-31,37-42H,9,11-19H2,1-8H3/t21?,22?,23?,24-,25?,26?,27+,28+,29-,30?,31+,33+,34-,35+,36-/m1/s1. The van der Waals surface area contributed by atoms with E-state index in [1.807, 2.05) is 6.92 Å². The molecule has 44 heavy (non-hydrogen) atoms. The van der Waals surface area contributed by atoms with Gasteiger partial charge in [-0.15, -0.1) is 0 Å². The van der Waals surface area contributed by atoms with Crippen molar-refractivity contribution in [2.75, 3.05) is 6.61 Å².